The van der Waals surface area contributed by atoms with Crippen molar-refractivity contribution >= 4 is 28.3 Å². The van der Waals surface area contributed by atoms with Crippen LogP contribution in [0, 0.1) is 13.8 Å². The number of hydrogen-bond acceptors (Lipinski definition) is 8. The number of nitrogens with two attached hydrogens (primary N) is 1. The number of carbonyl (C=O) groups is 1. The summed E-state index contributed by atoms with van der Waals surface area (Å²) in [6.07, 6.45) is 1.81. The van der Waals surface area contributed by atoms with Gasteiger partial charge in [-0.3, -0.25) is 14.4 Å². The molecule has 3 aromatic carbocycles. The molecule has 220 valence electrons. The number of piperazine rings is 1. The normalized spacial score (nSPS) is 14.2. The van der Waals surface area contributed by atoms with Gasteiger partial charge in [-0.05, 0) is 74.0 Å². The van der Waals surface area contributed by atoms with E-state index in [2.05, 4.69) is 45.2 Å². The van der Waals surface area contributed by atoms with Gasteiger partial charge in [-0.15, -0.1) is 0 Å². The van der Waals surface area contributed by atoms with Crippen molar-refractivity contribution in [3.63, 3.8) is 0 Å². The van der Waals surface area contributed by atoms with Crippen LogP contribution in [-0.4, -0.2) is 68.7 Å². The van der Waals surface area contributed by atoms with E-state index in [1.807, 2.05) is 68.7 Å². The SMILES string of the molecule is Cc1cc(NC(=O)c2cc(Oc3nc(-c4cccc(N)c4)nc4nn(C)cc34)ccc2C)ccc1CN1CCN(C)CC1. The Hall–Kier alpha value is -4.80. The molecule has 0 spiro atoms. The number of aromatic nitrogens is 4. The Morgan fingerprint density at radius 2 is 1.77 bits per heavy atom. The van der Waals surface area contributed by atoms with Crippen molar-refractivity contribution in [3.8, 4) is 23.0 Å². The molecule has 0 aliphatic carbocycles. The second kappa shape index (κ2) is 11.8. The third-order valence-electron chi connectivity index (χ3n) is 7.86. The molecule has 43 heavy (non-hydrogen) atoms. The molecule has 10 nitrogen and oxygen atoms in total. The van der Waals surface area contributed by atoms with Crippen LogP contribution in [0.5, 0.6) is 11.6 Å². The van der Waals surface area contributed by atoms with Crippen molar-refractivity contribution < 1.29 is 9.53 Å². The Balaban J connectivity index is 1.22. The zero-order valence-corrected chi connectivity index (χ0v) is 25.0. The van der Waals surface area contributed by atoms with Gasteiger partial charge in [-0.25, -0.2) is 4.98 Å². The lowest BCUT2D eigenvalue weighted by molar-refractivity contribution is 0.102. The van der Waals surface area contributed by atoms with Crippen LogP contribution in [0.25, 0.3) is 22.4 Å². The van der Waals surface area contributed by atoms with Gasteiger partial charge in [0.15, 0.2) is 11.5 Å². The first-order valence-electron chi connectivity index (χ1n) is 14.4. The van der Waals surface area contributed by atoms with Gasteiger partial charge in [0.1, 0.15) is 11.1 Å². The molecule has 0 atom stereocenters. The average Bonchev–Trinajstić information content (AvgIpc) is 3.37. The molecule has 10 heteroatoms. The number of nitrogens with one attached hydrogen (secondary N) is 1. The van der Waals surface area contributed by atoms with Gasteiger partial charge in [0, 0.05) is 68.5 Å². The summed E-state index contributed by atoms with van der Waals surface area (Å²) in [6.45, 7) is 9.22. The van der Waals surface area contributed by atoms with Gasteiger partial charge >= 0.3 is 0 Å². The monoisotopic (exact) mass is 576 g/mol. The molecule has 0 unspecified atom stereocenters. The van der Waals surface area contributed by atoms with Crippen molar-refractivity contribution in [3.05, 3.63) is 89.1 Å². The van der Waals surface area contributed by atoms with E-state index >= 15 is 0 Å². The van der Waals surface area contributed by atoms with Crippen LogP contribution in [0.4, 0.5) is 11.4 Å². The molecule has 1 fully saturated rings. The summed E-state index contributed by atoms with van der Waals surface area (Å²) < 4.78 is 7.95. The molecular formula is C33H36N8O2. The minimum atomic E-state index is -0.205. The topological polar surface area (TPSA) is 114 Å². The zero-order chi connectivity index (χ0) is 30.1. The van der Waals surface area contributed by atoms with Gasteiger partial charge in [-0.1, -0.05) is 24.3 Å². The molecular weight excluding hydrogens is 540 g/mol. The number of hydrogen-bond donors (Lipinski definition) is 2. The predicted octanol–water partition coefficient (Wildman–Crippen LogP) is 5.02. The third-order valence-corrected chi connectivity index (χ3v) is 7.86. The maximum Gasteiger partial charge on any atom is 0.256 e. The Bertz CT molecular complexity index is 1810. The Morgan fingerprint density at radius 1 is 0.953 bits per heavy atom. The number of carbonyl (C=O) groups excluding carboxylic acids is 1. The number of likely N-dealkylation sites (N-methyl/N-ethyl adjacent to an activating group) is 1. The lowest BCUT2D eigenvalue weighted by Gasteiger charge is -2.32. The first-order valence-corrected chi connectivity index (χ1v) is 14.4. The second-order valence-corrected chi connectivity index (χ2v) is 11.3. The van der Waals surface area contributed by atoms with Crippen LogP contribution in [0.3, 0.4) is 0 Å². The van der Waals surface area contributed by atoms with Crippen LogP contribution in [-0.2, 0) is 13.6 Å². The standard InChI is InChI=1S/C33H36N8O2/c1-21-8-11-27(43-33-29-20-40(4)38-31(29)36-30(37-33)23-6-5-7-25(34)17-23)18-28(21)32(42)35-26-10-9-24(22(2)16-26)19-41-14-12-39(3)13-15-41/h5-11,16-18,20H,12-15,19,34H2,1-4H3,(H,35,42). The third kappa shape index (κ3) is 6.35. The van der Waals surface area contributed by atoms with Crippen LogP contribution in [0.2, 0.25) is 0 Å². The maximum absolute atomic E-state index is 13.4. The predicted molar refractivity (Wildman–Crippen MR) is 169 cm³/mol. The lowest BCUT2D eigenvalue weighted by atomic mass is 10.1. The summed E-state index contributed by atoms with van der Waals surface area (Å²) in [7, 11) is 3.98. The zero-order valence-electron chi connectivity index (χ0n) is 25.0. The van der Waals surface area contributed by atoms with E-state index in [4.69, 9.17) is 15.5 Å². The molecule has 3 heterocycles. The smallest absolute Gasteiger partial charge is 0.256 e. The molecule has 6 rings (SSSR count). The second-order valence-electron chi connectivity index (χ2n) is 11.3. The summed E-state index contributed by atoms with van der Waals surface area (Å²) in [6, 6.07) is 18.9. The fourth-order valence-corrected chi connectivity index (χ4v) is 5.29. The van der Waals surface area contributed by atoms with E-state index in [0.717, 1.165) is 55.1 Å². The number of nitrogen functional groups attached to an aromatic ring is 1. The first kappa shape index (κ1) is 28.3. The van der Waals surface area contributed by atoms with Crippen molar-refractivity contribution in [2.45, 2.75) is 20.4 Å². The van der Waals surface area contributed by atoms with Gasteiger partial charge in [0.25, 0.3) is 5.91 Å². The Labute approximate surface area is 251 Å². The highest BCUT2D eigenvalue weighted by Gasteiger charge is 2.18. The quantitative estimate of drug-likeness (QED) is 0.260. The highest BCUT2D eigenvalue weighted by molar-refractivity contribution is 6.05. The molecule has 1 saturated heterocycles. The van der Waals surface area contributed by atoms with E-state index in [1.165, 1.54) is 5.56 Å². The summed E-state index contributed by atoms with van der Waals surface area (Å²) in [5.41, 5.74) is 12.4. The fraction of sp³-hybridized carbons (Fsp3) is 0.273. The largest absolute Gasteiger partial charge is 0.438 e. The van der Waals surface area contributed by atoms with Gasteiger partial charge in [0.05, 0.1) is 0 Å². The minimum Gasteiger partial charge on any atom is -0.438 e. The van der Waals surface area contributed by atoms with Crippen LogP contribution in [0.15, 0.2) is 66.9 Å². The maximum atomic E-state index is 13.4. The summed E-state index contributed by atoms with van der Waals surface area (Å²) >= 11 is 0. The molecule has 0 saturated carbocycles. The number of fused-ring (bicyclic) bond motifs is 1. The van der Waals surface area contributed by atoms with E-state index in [0.29, 0.717) is 39.7 Å². The van der Waals surface area contributed by atoms with Gasteiger partial charge in [0.2, 0.25) is 5.88 Å². The van der Waals surface area contributed by atoms with E-state index < -0.39 is 0 Å². The number of amides is 1. The van der Waals surface area contributed by atoms with Crippen LogP contribution in [0.1, 0.15) is 27.0 Å². The molecule has 1 aliphatic heterocycles. The summed E-state index contributed by atoms with van der Waals surface area (Å²) in [4.78, 5) is 27.6. The Morgan fingerprint density at radius 3 is 2.53 bits per heavy atom. The number of aryl methyl sites for hydroxylation is 3. The molecule has 2 aromatic heterocycles. The van der Waals surface area contributed by atoms with Crippen LogP contribution < -0.4 is 15.8 Å². The van der Waals surface area contributed by atoms with Gasteiger partial charge in [-0.2, -0.15) is 10.1 Å². The van der Waals surface area contributed by atoms with E-state index in [9.17, 15) is 4.79 Å². The molecule has 0 bridgehead atoms. The first-order chi connectivity index (χ1) is 20.7. The molecule has 3 N–H and O–H groups in total. The number of anilines is 2. The highest BCUT2D eigenvalue weighted by Crippen LogP contribution is 2.31. The summed E-state index contributed by atoms with van der Waals surface area (Å²) in [5, 5.41) is 8.20. The highest BCUT2D eigenvalue weighted by atomic mass is 16.5. The molecule has 5 aromatic rings. The molecule has 0 radical (unpaired) electrons. The number of nitrogens with zero attached hydrogens (tertiary/aromatic N) is 6. The molecule has 1 amide bonds. The lowest BCUT2D eigenvalue weighted by Crippen LogP contribution is -2.43. The van der Waals surface area contributed by atoms with Crippen LogP contribution >= 0.6 is 0 Å². The average molecular weight is 577 g/mol. The van der Waals surface area contributed by atoms with Crippen molar-refractivity contribution in [2.24, 2.45) is 7.05 Å². The van der Waals surface area contributed by atoms with Crippen molar-refractivity contribution in [2.75, 3.05) is 44.3 Å². The minimum absolute atomic E-state index is 0.205. The summed E-state index contributed by atoms with van der Waals surface area (Å²) in [5.74, 6) is 1.07. The van der Waals surface area contributed by atoms with E-state index in [-0.39, 0.29) is 5.91 Å². The number of benzene rings is 3. The molecule has 1 aliphatic rings. The van der Waals surface area contributed by atoms with Gasteiger partial charge < -0.3 is 20.7 Å². The van der Waals surface area contributed by atoms with Crippen molar-refractivity contribution in [1.82, 2.24) is 29.5 Å². The number of rotatable bonds is 7. The number of ether oxygens (including phenoxy) is 1. The van der Waals surface area contributed by atoms with E-state index in [1.54, 1.807) is 10.7 Å². The fourth-order valence-electron chi connectivity index (χ4n) is 5.29. The van der Waals surface area contributed by atoms with Crippen molar-refractivity contribution in [1.29, 1.82) is 0 Å². The Kier molecular flexibility index (Phi) is 7.79.